The lowest BCUT2D eigenvalue weighted by atomic mass is 10.0. The zero-order valence-corrected chi connectivity index (χ0v) is 17.6. The van der Waals surface area contributed by atoms with Crippen molar-refractivity contribution < 1.29 is 14.5 Å². The van der Waals surface area contributed by atoms with Gasteiger partial charge in [0, 0.05) is 5.56 Å². The minimum Gasteiger partial charge on any atom is -0.494 e. The second-order valence-corrected chi connectivity index (χ2v) is 7.96. The van der Waals surface area contributed by atoms with Crippen molar-refractivity contribution in [3.8, 4) is 11.5 Å². The molecule has 0 unspecified atom stereocenters. The Morgan fingerprint density at radius 3 is 2.67 bits per heavy atom. The zero-order valence-electron chi connectivity index (χ0n) is 16.8. The Morgan fingerprint density at radius 2 is 1.83 bits per heavy atom. The minimum absolute atomic E-state index is 0.0344. The molecule has 5 aromatic rings. The first-order valence-electron chi connectivity index (χ1n) is 9.99. The van der Waals surface area contributed by atoms with Crippen LogP contribution in [0.25, 0.3) is 32.8 Å². The molecular weight excluding hydrogens is 396 g/mol. The van der Waals surface area contributed by atoms with Gasteiger partial charge in [-0.25, -0.2) is 9.78 Å². The van der Waals surface area contributed by atoms with Gasteiger partial charge in [-0.3, -0.25) is 0 Å². The first kappa shape index (κ1) is 18.6. The van der Waals surface area contributed by atoms with Gasteiger partial charge in [-0.2, -0.15) is 0 Å². The highest BCUT2D eigenvalue weighted by atomic mass is 32.1. The molecule has 0 aliphatic rings. The fourth-order valence-electron chi connectivity index (χ4n) is 3.80. The number of imidazole rings is 1. The lowest BCUT2D eigenvalue weighted by Gasteiger charge is -2.12. The standard InChI is InChI=1S/C24H20N2O3S/c1-3-28-16-11-9-15-10-12-21(29-4-2)18(17(15)13-16)14-22-23(27)26-20-8-6-5-7-19(20)25-24(26)30-22/h5-14H,3-4H2,1-2H3/p+1. The van der Waals surface area contributed by atoms with Crippen molar-refractivity contribution >= 4 is 44.2 Å². The molecule has 5 nitrogen and oxygen atoms in total. The molecule has 0 aliphatic heterocycles. The summed E-state index contributed by atoms with van der Waals surface area (Å²) in [6.45, 7) is 5.07. The average Bonchev–Trinajstić information content (AvgIpc) is 3.26. The average molecular weight is 418 g/mol. The van der Waals surface area contributed by atoms with Crippen LogP contribution >= 0.6 is 11.3 Å². The van der Waals surface area contributed by atoms with E-state index in [9.17, 15) is 4.79 Å². The summed E-state index contributed by atoms with van der Waals surface area (Å²) in [6.07, 6.45) is 1.94. The molecule has 0 saturated carbocycles. The number of nitrogens with zero attached hydrogens (tertiary/aromatic N) is 1. The third kappa shape index (κ3) is 3.00. The van der Waals surface area contributed by atoms with E-state index in [1.807, 2.05) is 74.5 Å². The Balaban J connectivity index is 1.80. The number of para-hydroxylation sites is 2. The number of fused-ring (bicyclic) bond motifs is 4. The van der Waals surface area contributed by atoms with Crippen molar-refractivity contribution in [1.82, 2.24) is 4.40 Å². The maximum Gasteiger partial charge on any atom is 0.357 e. The maximum atomic E-state index is 13.2. The van der Waals surface area contributed by atoms with Crippen molar-refractivity contribution in [3.05, 3.63) is 75.0 Å². The minimum atomic E-state index is -0.0344. The largest absolute Gasteiger partial charge is 0.494 e. The summed E-state index contributed by atoms with van der Waals surface area (Å²) in [7, 11) is 0. The van der Waals surface area contributed by atoms with Crippen LogP contribution in [0, 0.1) is 0 Å². The Kier molecular flexibility index (Phi) is 4.64. The van der Waals surface area contributed by atoms with Gasteiger partial charge in [-0.15, -0.1) is 4.40 Å². The molecule has 0 fully saturated rings. The molecule has 6 heteroatoms. The maximum absolute atomic E-state index is 13.2. The Morgan fingerprint density at radius 1 is 1.03 bits per heavy atom. The first-order chi connectivity index (χ1) is 14.7. The highest BCUT2D eigenvalue weighted by Crippen LogP contribution is 2.31. The number of aromatic amines is 1. The lowest BCUT2D eigenvalue weighted by molar-refractivity contribution is -0.308. The monoisotopic (exact) mass is 417 g/mol. The number of ether oxygens (including phenoxy) is 2. The van der Waals surface area contributed by atoms with Crippen LogP contribution in [-0.2, 0) is 0 Å². The summed E-state index contributed by atoms with van der Waals surface area (Å²) in [6, 6.07) is 17.8. The van der Waals surface area contributed by atoms with E-state index in [-0.39, 0.29) is 5.56 Å². The van der Waals surface area contributed by atoms with Crippen molar-refractivity contribution in [1.29, 1.82) is 0 Å². The second kappa shape index (κ2) is 7.46. The van der Waals surface area contributed by atoms with Gasteiger partial charge in [0.15, 0.2) is 11.0 Å². The first-order valence-corrected chi connectivity index (χ1v) is 10.8. The van der Waals surface area contributed by atoms with Crippen LogP contribution in [0.4, 0.5) is 0 Å². The number of hydrogen-bond donors (Lipinski definition) is 0. The molecule has 0 bridgehead atoms. The van der Waals surface area contributed by atoms with E-state index in [0.717, 1.165) is 43.8 Å². The van der Waals surface area contributed by atoms with E-state index < -0.39 is 0 Å². The number of H-pyrrole nitrogens is 1. The summed E-state index contributed by atoms with van der Waals surface area (Å²) in [5.74, 6) is 1.55. The fraction of sp³-hybridized carbons (Fsp3) is 0.167. The predicted molar refractivity (Wildman–Crippen MR) is 121 cm³/mol. The van der Waals surface area contributed by atoms with Crippen molar-refractivity contribution in [2.24, 2.45) is 0 Å². The fourth-order valence-corrected chi connectivity index (χ4v) is 4.79. The van der Waals surface area contributed by atoms with Crippen molar-refractivity contribution in [2.45, 2.75) is 13.8 Å². The molecule has 0 atom stereocenters. The van der Waals surface area contributed by atoms with E-state index in [4.69, 9.17) is 9.47 Å². The molecule has 0 aliphatic carbocycles. The summed E-state index contributed by atoms with van der Waals surface area (Å²) in [5, 5.41) is 2.07. The van der Waals surface area contributed by atoms with Gasteiger partial charge in [0.25, 0.3) is 0 Å². The molecule has 3 aromatic carbocycles. The molecule has 0 amide bonds. The molecule has 30 heavy (non-hydrogen) atoms. The normalized spacial score (nSPS) is 12.3. The Bertz CT molecular complexity index is 1500. The van der Waals surface area contributed by atoms with Crippen molar-refractivity contribution in [2.75, 3.05) is 13.2 Å². The second-order valence-electron chi connectivity index (χ2n) is 6.92. The summed E-state index contributed by atoms with van der Waals surface area (Å²) < 4.78 is 14.0. The third-order valence-corrected chi connectivity index (χ3v) is 6.08. The lowest BCUT2D eigenvalue weighted by Crippen LogP contribution is -2.22. The summed E-state index contributed by atoms with van der Waals surface area (Å²) >= 11 is 1.45. The topological polar surface area (TPSA) is 54.1 Å². The molecular formula is C24H21N2O3S+. The third-order valence-electron chi connectivity index (χ3n) is 5.09. The molecule has 2 aromatic heterocycles. The molecule has 150 valence electrons. The zero-order chi connectivity index (χ0) is 20.7. The van der Waals surface area contributed by atoms with Crippen LogP contribution < -0.4 is 24.5 Å². The molecule has 1 N–H and O–H groups in total. The number of hydrogen-bond acceptors (Lipinski definition) is 4. The number of nitrogens with one attached hydrogen (secondary N) is 1. The highest BCUT2D eigenvalue weighted by molar-refractivity contribution is 7.14. The van der Waals surface area contributed by atoms with Crippen LogP contribution in [0.1, 0.15) is 19.4 Å². The van der Waals surface area contributed by atoms with E-state index in [2.05, 4.69) is 4.98 Å². The van der Waals surface area contributed by atoms with E-state index in [1.165, 1.54) is 11.3 Å². The van der Waals surface area contributed by atoms with E-state index in [1.54, 1.807) is 4.40 Å². The van der Waals surface area contributed by atoms with Crippen LogP contribution in [0.2, 0.25) is 0 Å². The summed E-state index contributed by atoms with van der Waals surface area (Å²) in [4.78, 5) is 17.4. The summed E-state index contributed by atoms with van der Waals surface area (Å²) in [5.41, 5.74) is 2.69. The van der Waals surface area contributed by atoms with Gasteiger partial charge >= 0.3 is 10.5 Å². The van der Waals surface area contributed by atoms with Gasteiger partial charge in [0.05, 0.1) is 13.2 Å². The van der Waals surface area contributed by atoms with Gasteiger partial charge in [0.2, 0.25) is 0 Å². The van der Waals surface area contributed by atoms with Crippen LogP contribution in [-0.4, -0.2) is 17.6 Å². The molecule has 5 rings (SSSR count). The van der Waals surface area contributed by atoms with Gasteiger partial charge < -0.3 is 9.47 Å². The molecule has 0 radical (unpaired) electrons. The van der Waals surface area contributed by atoms with Gasteiger partial charge in [0.1, 0.15) is 16.0 Å². The highest BCUT2D eigenvalue weighted by Gasteiger charge is 2.19. The van der Waals surface area contributed by atoms with E-state index in [0.29, 0.717) is 17.7 Å². The van der Waals surface area contributed by atoms with Crippen molar-refractivity contribution in [3.63, 3.8) is 0 Å². The number of benzene rings is 3. The molecule has 0 spiro atoms. The van der Waals surface area contributed by atoms with Gasteiger partial charge in [-0.05, 0) is 72.4 Å². The smallest absolute Gasteiger partial charge is 0.357 e. The molecule has 0 saturated heterocycles. The van der Waals surface area contributed by atoms with Crippen LogP contribution in [0.3, 0.4) is 0 Å². The molecule has 2 heterocycles. The van der Waals surface area contributed by atoms with E-state index >= 15 is 0 Å². The predicted octanol–water partition coefficient (Wildman–Crippen LogP) is 3.83. The van der Waals surface area contributed by atoms with Gasteiger partial charge in [-0.1, -0.05) is 24.3 Å². The Labute approximate surface area is 176 Å². The quantitative estimate of drug-likeness (QED) is 0.437. The number of rotatable bonds is 5. The number of thiazole rings is 1. The number of aromatic nitrogens is 2. The van der Waals surface area contributed by atoms with Crippen LogP contribution in [0.5, 0.6) is 11.5 Å². The van der Waals surface area contributed by atoms with Crippen LogP contribution in [0.15, 0.2) is 59.4 Å². The SMILES string of the molecule is CCOc1ccc2ccc(OCC)c(C=c3sc4[nH+]c5ccccc5n4c3=O)c2c1. The Hall–Kier alpha value is -3.38.